The van der Waals surface area contributed by atoms with Gasteiger partial charge in [-0.15, -0.1) is 0 Å². The van der Waals surface area contributed by atoms with E-state index in [1.165, 1.54) is 12.8 Å². The maximum Gasteiger partial charge on any atom is 0.128 e. The number of nitrogens with two attached hydrogens (primary N) is 1. The number of rotatable bonds is 4. The van der Waals surface area contributed by atoms with Crippen molar-refractivity contribution in [2.24, 2.45) is 5.73 Å². The van der Waals surface area contributed by atoms with E-state index >= 15 is 0 Å². The molecule has 17 heavy (non-hydrogen) atoms. The lowest BCUT2D eigenvalue weighted by Crippen LogP contribution is -2.15. The van der Waals surface area contributed by atoms with Crippen molar-refractivity contribution in [3.63, 3.8) is 0 Å². The fourth-order valence-corrected chi connectivity index (χ4v) is 2.44. The van der Waals surface area contributed by atoms with Crippen LogP contribution in [-0.4, -0.2) is 13.2 Å². The van der Waals surface area contributed by atoms with Gasteiger partial charge < -0.3 is 15.2 Å². The molecule has 1 aliphatic rings. The van der Waals surface area contributed by atoms with Gasteiger partial charge in [0, 0.05) is 6.04 Å². The summed E-state index contributed by atoms with van der Waals surface area (Å²) < 4.78 is 11.4. The predicted molar refractivity (Wildman–Crippen MR) is 68.5 cm³/mol. The summed E-state index contributed by atoms with van der Waals surface area (Å²) in [6, 6.07) is 5.79. The molecular weight excluding hydrogens is 214 g/mol. The Morgan fingerprint density at radius 3 is 2.47 bits per heavy atom. The lowest BCUT2D eigenvalue weighted by atomic mass is 10.1. The van der Waals surface area contributed by atoms with Gasteiger partial charge in [0.1, 0.15) is 11.5 Å². The van der Waals surface area contributed by atoms with Crippen LogP contribution in [0.2, 0.25) is 0 Å². The summed E-state index contributed by atoms with van der Waals surface area (Å²) in [7, 11) is 1.67. The topological polar surface area (TPSA) is 44.5 Å². The van der Waals surface area contributed by atoms with Crippen LogP contribution in [-0.2, 0) is 0 Å². The van der Waals surface area contributed by atoms with Crippen LogP contribution in [0.15, 0.2) is 18.2 Å². The van der Waals surface area contributed by atoms with Crippen molar-refractivity contribution in [3.8, 4) is 11.5 Å². The summed E-state index contributed by atoms with van der Waals surface area (Å²) in [6.45, 7) is 1.96. The molecule has 1 fully saturated rings. The van der Waals surface area contributed by atoms with Gasteiger partial charge >= 0.3 is 0 Å². The van der Waals surface area contributed by atoms with Crippen LogP contribution in [0.4, 0.5) is 0 Å². The van der Waals surface area contributed by atoms with E-state index in [0.717, 1.165) is 29.9 Å². The first-order valence-electron chi connectivity index (χ1n) is 6.31. The average molecular weight is 235 g/mol. The van der Waals surface area contributed by atoms with Gasteiger partial charge in [0.2, 0.25) is 0 Å². The smallest absolute Gasteiger partial charge is 0.128 e. The minimum absolute atomic E-state index is 0.0810. The summed E-state index contributed by atoms with van der Waals surface area (Å²) in [5, 5.41) is 0. The Morgan fingerprint density at radius 2 is 1.88 bits per heavy atom. The first-order chi connectivity index (χ1) is 8.22. The van der Waals surface area contributed by atoms with E-state index in [1.807, 2.05) is 25.1 Å². The molecule has 1 aromatic carbocycles. The molecule has 94 valence electrons. The minimum Gasteiger partial charge on any atom is -0.496 e. The quantitative estimate of drug-likeness (QED) is 0.872. The summed E-state index contributed by atoms with van der Waals surface area (Å²) in [4.78, 5) is 0. The average Bonchev–Trinajstić information content (AvgIpc) is 2.81. The molecule has 2 N–H and O–H groups in total. The fourth-order valence-electron chi connectivity index (χ4n) is 2.44. The molecule has 0 aliphatic heterocycles. The van der Waals surface area contributed by atoms with Gasteiger partial charge in [-0.25, -0.2) is 0 Å². The molecule has 0 spiro atoms. The minimum atomic E-state index is -0.0810. The van der Waals surface area contributed by atoms with Gasteiger partial charge in [0.25, 0.3) is 0 Å². The Labute approximate surface area is 103 Å². The first-order valence-corrected chi connectivity index (χ1v) is 6.31. The molecule has 0 heterocycles. The van der Waals surface area contributed by atoms with E-state index < -0.39 is 0 Å². The molecule has 3 heteroatoms. The second-order valence-corrected chi connectivity index (χ2v) is 4.69. The predicted octanol–water partition coefficient (Wildman–Crippen LogP) is 3.04. The van der Waals surface area contributed by atoms with Crippen molar-refractivity contribution >= 4 is 0 Å². The Kier molecular flexibility index (Phi) is 3.89. The van der Waals surface area contributed by atoms with Crippen LogP contribution in [0, 0.1) is 0 Å². The Bertz CT molecular complexity index is 370. The SMILES string of the molecule is COc1cccc(OC2CCCC2)c1[C@H](C)N. The molecule has 0 unspecified atom stereocenters. The van der Waals surface area contributed by atoms with Crippen LogP contribution in [0.1, 0.15) is 44.2 Å². The van der Waals surface area contributed by atoms with Gasteiger partial charge in [-0.3, -0.25) is 0 Å². The van der Waals surface area contributed by atoms with E-state index in [-0.39, 0.29) is 6.04 Å². The summed E-state index contributed by atoms with van der Waals surface area (Å²) >= 11 is 0. The van der Waals surface area contributed by atoms with E-state index in [4.69, 9.17) is 15.2 Å². The highest BCUT2D eigenvalue weighted by molar-refractivity contribution is 5.46. The maximum absolute atomic E-state index is 6.05. The molecule has 0 aromatic heterocycles. The molecule has 0 saturated heterocycles. The standard InChI is InChI=1S/C14H21NO2/c1-10(15)14-12(16-2)8-5-9-13(14)17-11-6-3-4-7-11/h5,8-11H,3-4,6-7,15H2,1-2H3/t10-/m0/s1. The van der Waals surface area contributed by atoms with Gasteiger partial charge in [0.15, 0.2) is 0 Å². The highest BCUT2D eigenvalue weighted by atomic mass is 16.5. The van der Waals surface area contributed by atoms with Crippen molar-refractivity contribution in [1.29, 1.82) is 0 Å². The molecule has 0 amide bonds. The van der Waals surface area contributed by atoms with Crippen molar-refractivity contribution in [2.75, 3.05) is 7.11 Å². The van der Waals surface area contributed by atoms with E-state index in [1.54, 1.807) is 7.11 Å². The number of ether oxygens (including phenoxy) is 2. The van der Waals surface area contributed by atoms with Crippen LogP contribution in [0.5, 0.6) is 11.5 Å². The summed E-state index contributed by atoms with van der Waals surface area (Å²) in [5.74, 6) is 1.70. The van der Waals surface area contributed by atoms with Gasteiger partial charge in [-0.1, -0.05) is 6.07 Å². The van der Waals surface area contributed by atoms with Crippen molar-refractivity contribution < 1.29 is 9.47 Å². The summed E-state index contributed by atoms with van der Waals surface area (Å²) in [6.07, 6.45) is 5.18. The van der Waals surface area contributed by atoms with Crippen molar-refractivity contribution in [3.05, 3.63) is 23.8 Å². The Hall–Kier alpha value is -1.22. The second kappa shape index (κ2) is 5.41. The normalized spacial score (nSPS) is 18.1. The molecule has 1 atom stereocenters. The van der Waals surface area contributed by atoms with Crippen molar-refractivity contribution in [1.82, 2.24) is 0 Å². The molecule has 1 aromatic rings. The molecular formula is C14H21NO2. The monoisotopic (exact) mass is 235 g/mol. The van der Waals surface area contributed by atoms with E-state index in [2.05, 4.69) is 0 Å². The lowest BCUT2D eigenvalue weighted by molar-refractivity contribution is 0.206. The van der Waals surface area contributed by atoms with E-state index in [0.29, 0.717) is 6.10 Å². The number of hydrogen-bond donors (Lipinski definition) is 1. The van der Waals surface area contributed by atoms with E-state index in [9.17, 15) is 0 Å². The lowest BCUT2D eigenvalue weighted by Gasteiger charge is -2.20. The molecule has 0 bridgehead atoms. The fraction of sp³-hybridized carbons (Fsp3) is 0.571. The highest BCUT2D eigenvalue weighted by Gasteiger charge is 2.20. The number of hydrogen-bond acceptors (Lipinski definition) is 3. The third-order valence-corrected chi connectivity index (χ3v) is 3.30. The number of benzene rings is 1. The largest absolute Gasteiger partial charge is 0.496 e. The zero-order valence-corrected chi connectivity index (χ0v) is 10.6. The van der Waals surface area contributed by atoms with Gasteiger partial charge in [-0.2, -0.15) is 0 Å². The van der Waals surface area contributed by atoms with Crippen LogP contribution >= 0.6 is 0 Å². The van der Waals surface area contributed by atoms with Crippen molar-refractivity contribution in [2.45, 2.75) is 44.8 Å². The molecule has 1 saturated carbocycles. The first kappa shape index (κ1) is 12.2. The molecule has 1 aliphatic carbocycles. The summed E-state index contributed by atoms with van der Waals surface area (Å²) in [5.41, 5.74) is 6.98. The van der Waals surface area contributed by atoms with Crippen LogP contribution in [0.3, 0.4) is 0 Å². The maximum atomic E-state index is 6.05. The Morgan fingerprint density at radius 1 is 1.24 bits per heavy atom. The zero-order chi connectivity index (χ0) is 12.3. The second-order valence-electron chi connectivity index (χ2n) is 4.69. The van der Waals surface area contributed by atoms with Gasteiger partial charge in [-0.05, 0) is 44.7 Å². The van der Waals surface area contributed by atoms with Crippen LogP contribution < -0.4 is 15.2 Å². The molecule has 3 nitrogen and oxygen atoms in total. The van der Waals surface area contributed by atoms with Crippen LogP contribution in [0.25, 0.3) is 0 Å². The third kappa shape index (κ3) is 2.72. The van der Waals surface area contributed by atoms with Gasteiger partial charge in [0.05, 0.1) is 18.8 Å². The Balaban J connectivity index is 2.25. The zero-order valence-electron chi connectivity index (χ0n) is 10.6. The molecule has 2 rings (SSSR count). The highest BCUT2D eigenvalue weighted by Crippen LogP contribution is 2.35. The number of methoxy groups -OCH3 is 1. The third-order valence-electron chi connectivity index (χ3n) is 3.30. The molecule has 0 radical (unpaired) electrons.